The first-order chi connectivity index (χ1) is 16.7. The van der Waals surface area contributed by atoms with Gasteiger partial charge in [-0.25, -0.2) is 24.6 Å². The summed E-state index contributed by atoms with van der Waals surface area (Å²) >= 11 is 0. The van der Waals surface area contributed by atoms with Crippen LogP contribution in [0.2, 0.25) is 0 Å². The van der Waals surface area contributed by atoms with Crippen LogP contribution in [0.5, 0.6) is 0 Å². The molecule has 1 saturated heterocycles. The zero-order valence-corrected chi connectivity index (χ0v) is 19.4. The first-order valence-corrected chi connectivity index (χ1v) is 12.1. The van der Waals surface area contributed by atoms with E-state index in [0.717, 1.165) is 12.7 Å². The molecule has 3 heterocycles. The first kappa shape index (κ1) is 25.1. The van der Waals surface area contributed by atoms with Gasteiger partial charge in [-0.1, -0.05) is 30.3 Å². The number of hydrogen-bond acceptors (Lipinski definition) is 11. The number of anilines is 1. The Morgan fingerprint density at radius 3 is 2.71 bits per heavy atom. The number of imidazole rings is 1. The van der Waals surface area contributed by atoms with E-state index in [2.05, 4.69) is 20.0 Å². The molecule has 1 fully saturated rings. The highest BCUT2D eigenvalue weighted by Gasteiger charge is 2.45. The number of nitrogens with zero attached hydrogens (tertiary/aromatic N) is 4. The highest BCUT2D eigenvalue weighted by molar-refractivity contribution is 7.50. The Bertz CT molecular complexity index is 1230. The number of fused-ring (bicyclic) bond motifs is 1. The summed E-state index contributed by atoms with van der Waals surface area (Å²) in [5.41, 5.74) is 7.06. The number of hydrogen-bond donors (Lipinski definition) is 5. The Labute approximate surface area is 199 Å². The molecule has 1 aliphatic heterocycles. The Hall–Kier alpha value is -2.97. The van der Waals surface area contributed by atoms with Gasteiger partial charge in [-0.05, 0) is 12.0 Å². The van der Waals surface area contributed by atoms with Gasteiger partial charge < -0.3 is 30.3 Å². The van der Waals surface area contributed by atoms with Crippen molar-refractivity contribution in [3.05, 3.63) is 48.5 Å². The van der Waals surface area contributed by atoms with Crippen LogP contribution < -0.4 is 10.8 Å². The van der Waals surface area contributed by atoms with Gasteiger partial charge in [0.05, 0.1) is 20.0 Å². The van der Waals surface area contributed by atoms with Crippen molar-refractivity contribution in [2.75, 3.05) is 19.5 Å². The second-order valence-electron chi connectivity index (χ2n) is 7.84. The van der Waals surface area contributed by atoms with Crippen LogP contribution in [0.15, 0.2) is 43.0 Å². The van der Waals surface area contributed by atoms with Crippen molar-refractivity contribution in [1.29, 1.82) is 0 Å². The lowest BCUT2D eigenvalue weighted by Gasteiger charge is -2.22. The van der Waals surface area contributed by atoms with E-state index in [1.165, 1.54) is 17.2 Å². The van der Waals surface area contributed by atoms with Gasteiger partial charge in [0.15, 0.2) is 17.7 Å². The summed E-state index contributed by atoms with van der Waals surface area (Å²) in [7, 11) is -3.40. The summed E-state index contributed by atoms with van der Waals surface area (Å²) in [6, 6.07) is 7.67. The molecule has 3 aromatic rings. The maximum atomic E-state index is 12.7. The summed E-state index contributed by atoms with van der Waals surface area (Å²) in [6.45, 7) is -0.571. The average Bonchev–Trinajstić information content (AvgIpc) is 3.39. The quantitative estimate of drug-likeness (QED) is 0.183. The van der Waals surface area contributed by atoms with Gasteiger partial charge in [-0.3, -0.25) is 13.9 Å². The van der Waals surface area contributed by atoms with Crippen LogP contribution in [0.25, 0.3) is 11.2 Å². The zero-order chi connectivity index (χ0) is 25.2. The molecule has 6 N–H and O–H groups in total. The maximum Gasteiger partial charge on any atom is 0.403 e. The van der Waals surface area contributed by atoms with Gasteiger partial charge in [-0.15, -0.1) is 0 Å². The fourth-order valence-corrected chi connectivity index (χ4v) is 4.75. The van der Waals surface area contributed by atoms with E-state index in [4.69, 9.17) is 19.7 Å². The standard InChI is InChI=1S/C20H25N6O8P/c1-32-20(29)12(7-11-5-3-2-4-6-11)25-35(30,31)33-8-13-15(27)16(28)19(34-13)26-10-24-14-17(21)22-9-23-18(14)26/h2-6,9-10,12-13,15-16,19,27-28H,7-8H2,1H3,(H2,21,22,23)(H2,25,30,31)/t12-,13-,15-,16+,19-/m0/s1. The molecule has 1 aromatic carbocycles. The summed E-state index contributed by atoms with van der Waals surface area (Å²) in [5, 5.41) is 23.2. The number of nitrogens with one attached hydrogen (secondary N) is 1. The molecule has 188 valence electrons. The number of rotatable bonds is 9. The zero-order valence-electron chi connectivity index (χ0n) is 18.5. The molecule has 4 rings (SSSR count). The molecule has 1 unspecified atom stereocenters. The van der Waals surface area contributed by atoms with E-state index >= 15 is 0 Å². The highest BCUT2D eigenvalue weighted by atomic mass is 31.2. The van der Waals surface area contributed by atoms with E-state index in [1.807, 2.05) is 0 Å². The van der Waals surface area contributed by atoms with Gasteiger partial charge in [0.25, 0.3) is 0 Å². The highest BCUT2D eigenvalue weighted by Crippen LogP contribution is 2.40. The van der Waals surface area contributed by atoms with E-state index in [1.54, 1.807) is 30.3 Å². The van der Waals surface area contributed by atoms with Crippen LogP contribution in [0, 0.1) is 0 Å². The molecule has 0 aliphatic carbocycles. The lowest BCUT2D eigenvalue weighted by atomic mass is 10.1. The number of esters is 1. The number of aliphatic hydroxyl groups is 2. The Morgan fingerprint density at radius 2 is 2.00 bits per heavy atom. The number of ether oxygens (including phenoxy) is 2. The van der Waals surface area contributed by atoms with Crippen molar-refractivity contribution in [2.45, 2.75) is 37.0 Å². The van der Waals surface area contributed by atoms with Gasteiger partial charge >= 0.3 is 13.7 Å². The monoisotopic (exact) mass is 508 g/mol. The average molecular weight is 508 g/mol. The second-order valence-corrected chi connectivity index (χ2v) is 9.40. The van der Waals surface area contributed by atoms with Crippen molar-refractivity contribution in [3.8, 4) is 0 Å². The third kappa shape index (κ3) is 5.49. The SMILES string of the molecule is COC(=O)[C@H](Cc1ccccc1)NP(=O)(O)OC[C@@H]1O[C@H](n2cnc3c(N)ncnc32)[C@H](O)[C@H]1O. The molecular formula is C20H25N6O8P. The fourth-order valence-electron chi connectivity index (χ4n) is 3.74. The number of carbonyl (C=O) groups is 1. The van der Waals surface area contributed by atoms with E-state index < -0.39 is 50.9 Å². The molecule has 2 aromatic heterocycles. The van der Waals surface area contributed by atoms with Gasteiger partial charge in [-0.2, -0.15) is 0 Å². The van der Waals surface area contributed by atoms with E-state index in [0.29, 0.717) is 0 Å². The summed E-state index contributed by atoms with van der Waals surface area (Å²) in [5.74, 6) is -0.628. The van der Waals surface area contributed by atoms with Crippen LogP contribution >= 0.6 is 7.75 Å². The molecule has 6 atom stereocenters. The Balaban J connectivity index is 1.42. The molecule has 35 heavy (non-hydrogen) atoms. The molecule has 1 aliphatic rings. The van der Waals surface area contributed by atoms with Crippen LogP contribution in [0.4, 0.5) is 5.82 Å². The number of aliphatic hydroxyl groups excluding tert-OH is 2. The maximum absolute atomic E-state index is 12.7. The summed E-state index contributed by atoms with van der Waals surface area (Å²) in [4.78, 5) is 34.5. The minimum atomic E-state index is -4.56. The van der Waals surface area contributed by atoms with Crippen LogP contribution in [0.3, 0.4) is 0 Å². The molecule has 15 heteroatoms. The largest absolute Gasteiger partial charge is 0.468 e. The van der Waals surface area contributed by atoms with Crippen molar-refractivity contribution in [2.24, 2.45) is 0 Å². The Morgan fingerprint density at radius 1 is 1.26 bits per heavy atom. The minimum absolute atomic E-state index is 0.0729. The smallest absolute Gasteiger partial charge is 0.403 e. The summed E-state index contributed by atoms with van der Waals surface area (Å²) < 4.78 is 29.5. The van der Waals surface area contributed by atoms with Crippen LogP contribution in [-0.2, 0) is 29.8 Å². The first-order valence-electron chi connectivity index (χ1n) is 10.5. The second kappa shape index (κ2) is 10.3. The number of carbonyl (C=O) groups excluding carboxylic acids is 1. The Kier molecular flexibility index (Phi) is 7.42. The molecule has 0 radical (unpaired) electrons. The number of nitrogen functional groups attached to an aromatic ring is 1. The topological polar surface area (TPSA) is 204 Å². The molecule has 14 nitrogen and oxygen atoms in total. The van der Waals surface area contributed by atoms with Gasteiger partial charge in [0.2, 0.25) is 0 Å². The lowest BCUT2D eigenvalue weighted by Crippen LogP contribution is -2.39. The predicted octanol–water partition coefficient (Wildman–Crippen LogP) is -0.481. The van der Waals surface area contributed by atoms with Gasteiger partial charge in [0, 0.05) is 0 Å². The molecular weight excluding hydrogens is 483 g/mol. The number of nitrogens with two attached hydrogens (primary N) is 1. The molecule has 0 amide bonds. The molecule has 0 spiro atoms. The van der Waals surface area contributed by atoms with E-state index in [9.17, 15) is 24.5 Å². The number of aromatic nitrogens is 4. The van der Waals surface area contributed by atoms with Crippen molar-refractivity contribution in [1.82, 2.24) is 24.6 Å². The van der Waals surface area contributed by atoms with E-state index in [-0.39, 0.29) is 23.4 Å². The molecule has 0 bridgehead atoms. The van der Waals surface area contributed by atoms with Crippen LogP contribution in [0.1, 0.15) is 11.8 Å². The summed E-state index contributed by atoms with van der Waals surface area (Å²) in [6.07, 6.45) is -2.58. The molecule has 0 saturated carbocycles. The predicted molar refractivity (Wildman–Crippen MR) is 121 cm³/mol. The van der Waals surface area contributed by atoms with Crippen molar-refractivity contribution < 1.29 is 38.5 Å². The third-order valence-corrected chi connectivity index (χ3v) is 6.64. The normalized spacial score (nSPS) is 24.8. The van der Waals surface area contributed by atoms with Gasteiger partial charge in [0.1, 0.15) is 36.2 Å². The lowest BCUT2D eigenvalue weighted by molar-refractivity contribution is -0.142. The minimum Gasteiger partial charge on any atom is -0.468 e. The van der Waals surface area contributed by atoms with Crippen molar-refractivity contribution >= 4 is 30.7 Å². The number of methoxy groups -OCH3 is 1. The van der Waals surface area contributed by atoms with Crippen molar-refractivity contribution in [3.63, 3.8) is 0 Å². The fraction of sp³-hybridized carbons (Fsp3) is 0.400. The third-order valence-electron chi connectivity index (χ3n) is 5.50. The number of benzene rings is 1. The van der Waals surface area contributed by atoms with Crippen LogP contribution in [-0.4, -0.2) is 78.7 Å².